The number of methoxy groups -OCH3 is 1. The maximum Gasteiger partial charge on any atom is 0.231 e. The first-order valence-electron chi connectivity index (χ1n) is 8.78. The monoisotopic (exact) mass is 412 g/mol. The summed E-state index contributed by atoms with van der Waals surface area (Å²) in [4.78, 5) is 0. The zero-order chi connectivity index (χ0) is 20.5. The molecule has 1 N–H and O–H groups in total. The Morgan fingerprint density at radius 2 is 2.03 bits per heavy atom. The molecule has 2 atom stereocenters. The molecular formula is C21H17ClN2O5. The van der Waals surface area contributed by atoms with E-state index < -0.39 is 11.8 Å². The van der Waals surface area contributed by atoms with Gasteiger partial charge in [0, 0.05) is 17.5 Å². The molecule has 8 heteroatoms. The van der Waals surface area contributed by atoms with Crippen molar-refractivity contribution in [1.29, 1.82) is 10.7 Å². The van der Waals surface area contributed by atoms with E-state index in [-0.39, 0.29) is 19.3 Å². The molecule has 7 nitrogen and oxygen atoms in total. The Kier molecular flexibility index (Phi) is 4.95. The third-order valence-corrected chi connectivity index (χ3v) is 5.05. The predicted octanol–water partition coefficient (Wildman–Crippen LogP) is 4.28. The lowest BCUT2D eigenvalue weighted by atomic mass is 9.79. The van der Waals surface area contributed by atoms with Crippen LogP contribution in [0.1, 0.15) is 17.0 Å². The zero-order valence-electron chi connectivity index (χ0n) is 15.5. The lowest BCUT2D eigenvalue weighted by molar-refractivity contribution is 0.174. The molecule has 2 aliphatic rings. The van der Waals surface area contributed by atoms with Gasteiger partial charge < -0.3 is 23.7 Å². The van der Waals surface area contributed by atoms with Crippen molar-refractivity contribution in [2.75, 3.05) is 20.5 Å². The number of nitriles is 1. The second kappa shape index (κ2) is 7.57. The van der Waals surface area contributed by atoms with Crippen molar-refractivity contribution in [2.24, 2.45) is 5.92 Å². The van der Waals surface area contributed by atoms with Crippen molar-refractivity contribution < 1.29 is 23.7 Å². The van der Waals surface area contributed by atoms with Crippen molar-refractivity contribution in [3.8, 4) is 34.8 Å². The number of ether oxygens (including phenoxy) is 5. The lowest BCUT2D eigenvalue weighted by Crippen LogP contribution is -2.31. The molecule has 29 heavy (non-hydrogen) atoms. The first kappa shape index (κ1) is 19.0. The first-order valence-corrected chi connectivity index (χ1v) is 9.15. The Hall–Kier alpha value is -3.37. The summed E-state index contributed by atoms with van der Waals surface area (Å²) < 4.78 is 27.5. The number of rotatable bonds is 5. The van der Waals surface area contributed by atoms with Gasteiger partial charge in [-0.05, 0) is 23.8 Å². The van der Waals surface area contributed by atoms with E-state index in [2.05, 4.69) is 12.6 Å². The molecule has 2 aromatic rings. The number of hydrogen-bond donors (Lipinski definition) is 1. The molecule has 148 valence electrons. The summed E-state index contributed by atoms with van der Waals surface area (Å²) in [6.07, 6.45) is 1.61. The van der Waals surface area contributed by atoms with Gasteiger partial charge in [0.05, 0.1) is 18.2 Å². The van der Waals surface area contributed by atoms with E-state index >= 15 is 0 Å². The van der Waals surface area contributed by atoms with Gasteiger partial charge in [0.2, 0.25) is 12.7 Å². The maximum atomic E-state index is 9.75. The largest absolute Gasteiger partial charge is 0.493 e. The molecule has 0 aromatic heterocycles. The van der Waals surface area contributed by atoms with Gasteiger partial charge in [-0.2, -0.15) is 5.26 Å². The average Bonchev–Trinajstić information content (AvgIpc) is 3.17. The van der Waals surface area contributed by atoms with Crippen LogP contribution in [0.15, 0.2) is 36.9 Å². The normalized spacial score (nSPS) is 19.0. The summed E-state index contributed by atoms with van der Waals surface area (Å²) in [5.74, 6) is 0.852. The van der Waals surface area contributed by atoms with E-state index in [0.29, 0.717) is 44.9 Å². The average molecular weight is 413 g/mol. The Labute approximate surface area is 172 Å². The predicted molar refractivity (Wildman–Crippen MR) is 106 cm³/mol. The lowest BCUT2D eigenvalue weighted by Gasteiger charge is -2.31. The van der Waals surface area contributed by atoms with Crippen LogP contribution < -0.4 is 23.7 Å². The van der Waals surface area contributed by atoms with Gasteiger partial charge in [-0.25, -0.2) is 0 Å². The van der Waals surface area contributed by atoms with Crippen LogP contribution in [-0.4, -0.2) is 26.4 Å². The SMILES string of the molecule is C=CCOc1c(Cl)cc(C2c3cc4c(cc3OC(=N)C2C#N)OCO4)cc1OC. The van der Waals surface area contributed by atoms with Crippen LogP contribution in [0.4, 0.5) is 0 Å². The van der Waals surface area contributed by atoms with Crippen LogP contribution in [-0.2, 0) is 0 Å². The number of nitrogens with zero attached hydrogens (tertiary/aromatic N) is 1. The van der Waals surface area contributed by atoms with Gasteiger partial charge in [-0.15, -0.1) is 0 Å². The molecule has 2 unspecified atom stereocenters. The van der Waals surface area contributed by atoms with Crippen LogP contribution in [0.3, 0.4) is 0 Å². The topological polar surface area (TPSA) is 93.8 Å². The highest BCUT2D eigenvalue weighted by atomic mass is 35.5. The van der Waals surface area contributed by atoms with E-state index in [1.807, 2.05) is 0 Å². The summed E-state index contributed by atoms with van der Waals surface area (Å²) in [6, 6.07) is 9.09. The van der Waals surface area contributed by atoms with Crippen molar-refractivity contribution in [2.45, 2.75) is 5.92 Å². The minimum Gasteiger partial charge on any atom is -0.493 e. The van der Waals surface area contributed by atoms with Crippen LogP contribution >= 0.6 is 11.6 Å². The van der Waals surface area contributed by atoms with Crippen molar-refractivity contribution >= 4 is 17.5 Å². The van der Waals surface area contributed by atoms with E-state index in [9.17, 15) is 5.26 Å². The second-order valence-electron chi connectivity index (χ2n) is 6.43. The molecule has 2 aromatic carbocycles. The van der Waals surface area contributed by atoms with Gasteiger partial charge in [-0.3, -0.25) is 5.41 Å². The molecule has 0 saturated heterocycles. The molecule has 0 spiro atoms. The summed E-state index contributed by atoms with van der Waals surface area (Å²) in [5.41, 5.74) is 1.40. The first-order chi connectivity index (χ1) is 14.1. The molecule has 0 radical (unpaired) electrons. The second-order valence-corrected chi connectivity index (χ2v) is 6.84. The molecule has 4 rings (SSSR count). The maximum absolute atomic E-state index is 9.75. The Morgan fingerprint density at radius 3 is 2.72 bits per heavy atom. The molecular weight excluding hydrogens is 396 g/mol. The third kappa shape index (κ3) is 3.22. The number of halogens is 1. The third-order valence-electron chi connectivity index (χ3n) is 4.77. The van der Waals surface area contributed by atoms with Gasteiger partial charge in [0.25, 0.3) is 0 Å². The quantitative estimate of drug-likeness (QED) is 0.736. The number of benzene rings is 2. The van der Waals surface area contributed by atoms with Gasteiger partial charge >= 0.3 is 0 Å². The molecule has 0 aliphatic carbocycles. The number of fused-ring (bicyclic) bond motifs is 2. The van der Waals surface area contributed by atoms with Crippen molar-refractivity contribution in [3.63, 3.8) is 0 Å². The fraction of sp³-hybridized carbons (Fsp3) is 0.238. The molecule has 0 saturated carbocycles. The van der Waals surface area contributed by atoms with Crippen molar-refractivity contribution in [3.05, 3.63) is 53.1 Å². The van der Waals surface area contributed by atoms with E-state index in [0.717, 1.165) is 0 Å². The van der Waals surface area contributed by atoms with Crippen LogP contribution in [0.25, 0.3) is 0 Å². The fourth-order valence-electron chi connectivity index (χ4n) is 3.49. The van der Waals surface area contributed by atoms with Gasteiger partial charge in [0.1, 0.15) is 18.3 Å². The van der Waals surface area contributed by atoms with Crippen LogP contribution in [0, 0.1) is 22.7 Å². The summed E-state index contributed by atoms with van der Waals surface area (Å²) in [7, 11) is 1.51. The molecule has 0 amide bonds. The zero-order valence-corrected chi connectivity index (χ0v) is 16.3. The van der Waals surface area contributed by atoms with Crippen LogP contribution in [0.2, 0.25) is 5.02 Å². The summed E-state index contributed by atoms with van der Waals surface area (Å²) in [6.45, 7) is 4.01. The highest BCUT2D eigenvalue weighted by molar-refractivity contribution is 6.32. The number of hydrogen-bond acceptors (Lipinski definition) is 7. The summed E-state index contributed by atoms with van der Waals surface area (Å²) >= 11 is 6.46. The Morgan fingerprint density at radius 1 is 1.28 bits per heavy atom. The Balaban J connectivity index is 1.87. The van der Waals surface area contributed by atoms with E-state index in [1.165, 1.54) is 7.11 Å². The minimum atomic E-state index is -0.844. The smallest absolute Gasteiger partial charge is 0.231 e. The van der Waals surface area contributed by atoms with Gasteiger partial charge in [0.15, 0.2) is 23.0 Å². The Bertz CT molecular complexity index is 1050. The minimum absolute atomic E-state index is 0.108. The highest BCUT2D eigenvalue weighted by Crippen LogP contribution is 2.49. The molecule has 2 aliphatic heterocycles. The number of nitrogens with one attached hydrogen (secondary N) is 1. The molecule has 0 fully saturated rings. The van der Waals surface area contributed by atoms with Crippen LogP contribution in [0.5, 0.6) is 28.7 Å². The molecule has 2 heterocycles. The van der Waals surface area contributed by atoms with E-state index in [1.54, 1.807) is 30.3 Å². The van der Waals surface area contributed by atoms with E-state index in [4.69, 9.17) is 40.7 Å². The standard InChI is InChI=1S/C21H17ClN2O5/c1-3-4-26-20-14(22)5-11(6-18(20)25-2)19-12-7-16-17(28-10-27-16)8-15(12)29-21(24)13(19)9-23/h3,5-8,13,19,24H,1,4,10H2,2H3. The highest BCUT2D eigenvalue weighted by Gasteiger charge is 2.39. The summed E-state index contributed by atoms with van der Waals surface area (Å²) in [5, 5.41) is 18.3. The molecule has 0 bridgehead atoms. The fourth-order valence-corrected chi connectivity index (χ4v) is 3.76. The van der Waals surface area contributed by atoms with Crippen molar-refractivity contribution in [1.82, 2.24) is 0 Å². The van der Waals surface area contributed by atoms with Gasteiger partial charge in [-0.1, -0.05) is 24.3 Å².